The number of nitrogens with zero attached hydrogens (tertiary/aromatic N) is 1. The Kier molecular flexibility index (Phi) is 6.30. The van der Waals surface area contributed by atoms with Crippen molar-refractivity contribution in [2.75, 3.05) is 27.3 Å². The van der Waals surface area contributed by atoms with E-state index in [-0.39, 0.29) is 12.0 Å². The smallest absolute Gasteiger partial charge is 0.253 e. The number of carbonyl (C=O) groups excluding carboxylic acids is 1. The highest BCUT2D eigenvalue weighted by Gasteiger charge is 2.24. The van der Waals surface area contributed by atoms with E-state index in [9.17, 15) is 4.79 Å². The van der Waals surface area contributed by atoms with E-state index in [1.54, 1.807) is 14.2 Å². The van der Waals surface area contributed by atoms with Gasteiger partial charge in [0.1, 0.15) is 0 Å². The minimum absolute atomic E-state index is 0.0690. The summed E-state index contributed by atoms with van der Waals surface area (Å²) in [6, 6.07) is 13.5. The number of piperidine rings is 1. The summed E-state index contributed by atoms with van der Waals surface area (Å²) in [5.74, 6) is 0.0690. The molecule has 0 saturated carbocycles. The first-order chi connectivity index (χ1) is 12.6. The third-order valence-corrected chi connectivity index (χ3v) is 5.12. The van der Waals surface area contributed by atoms with Crippen molar-refractivity contribution >= 4 is 17.5 Å². The first kappa shape index (κ1) is 18.9. The van der Waals surface area contributed by atoms with Crippen molar-refractivity contribution in [1.29, 1.82) is 0 Å². The summed E-state index contributed by atoms with van der Waals surface area (Å²) in [5, 5.41) is 0.702. The molecule has 1 saturated heterocycles. The van der Waals surface area contributed by atoms with E-state index in [4.69, 9.17) is 21.1 Å². The number of likely N-dealkylation sites (tertiary alicyclic amines) is 1. The molecule has 3 rings (SSSR count). The Bertz CT molecular complexity index is 752. The molecular weight excluding hydrogens is 350 g/mol. The van der Waals surface area contributed by atoms with Gasteiger partial charge in [0.2, 0.25) is 0 Å². The van der Waals surface area contributed by atoms with Crippen LogP contribution in [0.4, 0.5) is 0 Å². The molecule has 0 radical (unpaired) electrons. The van der Waals surface area contributed by atoms with E-state index in [2.05, 4.69) is 0 Å². The first-order valence-electron chi connectivity index (χ1n) is 8.82. The molecule has 1 amide bonds. The molecule has 0 atom stereocenters. The fourth-order valence-corrected chi connectivity index (χ4v) is 3.52. The molecule has 5 heteroatoms. The Morgan fingerprint density at radius 2 is 1.81 bits per heavy atom. The molecule has 26 heavy (non-hydrogen) atoms. The second-order valence-electron chi connectivity index (χ2n) is 6.54. The van der Waals surface area contributed by atoms with Crippen LogP contribution in [0.2, 0.25) is 5.02 Å². The Hall–Kier alpha value is -1.88. The number of hydrogen-bond donors (Lipinski definition) is 0. The van der Waals surface area contributed by atoms with Crippen molar-refractivity contribution in [3.05, 3.63) is 58.6 Å². The number of benzene rings is 2. The van der Waals surface area contributed by atoms with E-state index in [1.165, 1.54) is 0 Å². The van der Waals surface area contributed by atoms with Crippen LogP contribution in [-0.4, -0.2) is 44.2 Å². The van der Waals surface area contributed by atoms with Gasteiger partial charge in [-0.2, -0.15) is 0 Å². The Morgan fingerprint density at radius 3 is 2.42 bits per heavy atom. The summed E-state index contributed by atoms with van der Waals surface area (Å²) >= 11 is 5.99. The third kappa shape index (κ3) is 4.26. The zero-order valence-electron chi connectivity index (χ0n) is 15.2. The van der Waals surface area contributed by atoms with Crippen LogP contribution in [0.25, 0.3) is 11.1 Å². The van der Waals surface area contributed by atoms with Gasteiger partial charge in [0.25, 0.3) is 5.91 Å². The maximum absolute atomic E-state index is 12.9. The number of halogens is 1. The zero-order chi connectivity index (χ0) is 18.5. The summed E-state index contributed by atoms with van der Waals surface area (Å²) in [5.41, 5.74) is 3.80. The van der Waals surface area contributed by atoms with Crippen molar-refractivity contribution in [2.45, 2.75) is 25.6 Å². The number of amides is 1. The maximum atomic E-state index is 12.9. The standard InChI is InChI=1S/C21H24ClNO3/c1-25-14-17-13-16(21(24)23-11-9-19(26-2)10-12-23)5-8-20(17)15-3-6-18(22)7-4-15/h3-8,13,19H,9-12,14H2,1-2H3. The summed E-state index contributed by atoms with van der Waals surface area (Å²) < 4.78 is 10.7. The highest BCUT2D eigenvalue weighted by atomic mass is 35.5. The van der Waals surface area contributed by atoms with Gasteiger partial charge in [0.05, 0.1) is 12.7 Å². The van der Waals surface area contributed by atoms with Gasteiger partial charge in [-0.25, -0.2) is 0 Å². The van der Waals surface area contributed by atoms with Gasteiger partial charge in [-0.1, -0.05) is 29.8 Å². The van der Waals surface area contributed by atoms with Gasteiger partial charge >= 0.3 is 0 Å². The van der Waals surface area contributed by atoms with Crippen molar-refractivity contribution < 1.29 is 14.3 Å². The van der Waals surface area contributed by atoms with Crippen LogP contribution in [0.3, 0.4) is 0 Å². The topological polar surface area (TPSA) is 38.8 Å². The second kappa shape index (κ2) is 8.67. The summed E-state index contributed by atoms with van der Waals surface area (Å²) in [6.07, 6.45) is 2.03. The molecule has 0 aliphatic carbocycles. The molecule has 2 aromatic rings. The number of carbonyl (C=O) groups is 1. The van der Waals surface area contributed by atoms with Crippen LogP contribution in [0, 0.1) is 0 Å². The normalized spacial score (nSPS) is 15.3. The summed E-state index contributed by atoms with van der Waals surface area (Å²) in [7, 11) is 3.39. The molecule has 2 aromatic carbocycles. The average molecular weight is 374 g/mol. The van der Waals surface area contributed by atoms with E-state index < -0.39 is 0 Å². The third-order valence-electron chi connectivity index (χ3n) is 4.87. The molecule has 4 nitrogen and oxygen atoms in total. The van der Waals surface area contributed by atoms with E-state index >= 15 is 0 Å². The van der Waals surface area contributed by atoms with Gasteiger partial charge in [-0.15, -0.1) is 0 Å². The monoisotopic (exact) mass is 373 g/mol. The lowest BCUT2D eigenvalue weighted by atomic mass is 9.97. The van der Waals surface area contributed by atoms with Crippen LogP contribution < -0.4 is 0 Å². The van der Waals surface area contributed by atoms with E-state index in [1.807, 2.05) is 47.4 Å². The molecule has 0 unspecified atom stereocenters. The number of ether oxygens (including phenoxy) is 2. The summed E-state index contributed by atoms with van der Waals surface area (Å²) in [4.78, 5) is 14.8. The number of methoxy groups -OCH3 is 2. The summed E-state index contributed by atoms with van der Waals surface area (Å²) in [6.45, 7) is 1.91. The van der Waals surface area contributed by atoms with Gasteiger partial charge in [0.15, 0.2) is 0 Å². The predicted molar refractivity (Wildman–Crippen MR) is 104 cm³/mol. The number of hydrogen-bond acceptors (Lipinski definition) is 3. The molecule has 1 heterocycles. The quantitative estimate of drug-likeness (QED) is 0.779. The average Bonchev–Trinajstić information content (AvgIpc) is 2.68. The van der Waals surface area contributed by atoms with Crippen molar-refractivity contribution in [3.8, 4) is 11.1 Å². The van der Waals surface area contributed by atoms with Crippen LogP contribution in [0.15, 0.2) is 42.5 Å². The molecule has 1 aliphatic rings. The molecule has 0 spiro atoms. The first-order valence-corrected chi connectivity index (χ1v) is 9.20. The molecule has 0 bridgehead atoms. The Balaban J connectivity index is 1.84. The second-order valence-corrected chi connectivity index (χ2v) is 6.98. The molecular formula is C21H24ClNO3. The lowest BCUT2D eigenvalue weighted by molar-refractivity contribution is 0.0350. The van der Waals surface area contributed by atoms with Gasteiger partial charge < -0.3 is 14.4 Å². The van der Waals surface area contributed by atoms with Crippen LogP contribution in [-0.2, 0) is 16.1 Å². The van der Waals surface area contributed by atoms with Gasteiger partial charge in [-0.3, -0.25) is 4.79 Å². The van der Waals surface area contributed by atoms with Crippen molar-refractivity contribution in [3.63, 3.8) is 0 Å². The fourth-order valence-electron chi connectivity index (χ4n) is 3.39. The molecule has 0 aromatic heterocycles. The minimum atomic E-state index is 0.0690. The van der Waals surface area contributed by atoms with Crippen molar-refractivity contribution in [1.82, 2.24) is 4.90 Å². The lowest BCUT2D eigenvalue weighted by Gasteiger charge is -2.31. The molecule has 0 N–H and O–H groups in total. The van der Waals surface area contributed by atoms with Crippen LogP contribution >= 0.6 is 11.6 Å². The number of rotatable bonds is 5. The highest BCUT2D eigenvalue weighted by molar-refractivity contribution is 6.30. The largest absolute Gasteiger partial charge is 0.381 e. The van der Waals surface area contributed by atoms with Crippen LogP contribution in [0.1, 0.15) is 28.8 Å². The minimum Gasteiger partial charge on any atom is -0.381 e. The predicted octanol–water partition coefficient (Wildman–Crippen LogP) is 4.40. The Labute approximate surface area is 159 Å². The fraction of sp³-hybridized carbons (Fsp3) is 0.381. The Morgan fingerprint density at radius 1 is 1.12 bits per heavy atom. The van der Waals surface area contributed by atoms with Gasteiger partial charge in [0, 0.05) is 37.9 Å². The lowest BCUT2D eigenvalue weighted by Crippen LogP contribution is -2.40. The van der Waals surface area contributed by atoms with E-state index in [0.29, 0.717) is 17.2 Å². The van der Waals surface area contributed by atoms with Gasteiger partial charge in [-0.05, 0) is 53.8 Å². The molecule has 1 fully saturated rings. The van der Waals surface area contributed by atoms with Crippen molar-refractivity contribution in [2.24, 2.45) is 0 Å². The highest BCUT2D eigenvalue weighted by Crippen LogP contribution is 2.27. The SMILES string of the molecule is COCc1cc(C(=O)N2CCC(OC)CC2)ccc1-c1ccc(Cl)cc1. The molecule has 1 aliphatic heterocycles. The van der Waals surface area contributed by atoms with Crippen LogP contribution in [0.5, 0.6) is 0 Å². The molecule has 138 valence electrons. The maximum Gasteiger partial charge on any atom is 0.253 e. The zero-order valence-corrected chi connectivity index (χ0v) is 16.0. The van der Waals surface area contributed by atoms with E-state index in [0.717, 1.165) is 42.6 Å².